The largest absolute Gasteiger partial charge is 0.458 e. The van der Waals surface area contributed by atoms with Gasteiger partial charge in [-0.25, -0.2) is 0 Å². The van der Waals surface area contributed by atoms with Gasteiger partial charge >= 0.3 is 5.97 Å². The summed E-state index contributed by atoms with van der Waals surface area (Å²) in [5.74, 6) is -1.63. The van der Waals surface area contributed by atoms with Crippen molar-refractivity contribution in [2.45, 2.75) is 77.5 Å². The number of aliphatic hydroxyl groups is 2. The first kappa shape index (κ1) is 20.4. The molecule has 7 nitrogen and oxygen atoms in total. The second kappa shape index (κ2) is 6.09. The lowest BCUT2D eigenvalue weighted by Gasteiger charge is -2.49. The Hall–Kier alpha value is -1.83. The van der Waals surface area contributed by atoms with Crippen LogP contribution in [0.1, 0.15) is 47.5 Å². The predicted molar refractivity (Wildman–Crippen MR) is 102 cm³/mol. The summed E-state index contributed by atoms with van der Waals surface area (Å²) in [5.41, 5.74) is -2.00. The number of esters is 1. The summed E-state index contributed by atoms with van der Waals surface area (Å²) in [6.45, 7) is 8.48. The van der Waals surface area contributed by atoms with E-state index < -0.39 is 58.5 Å². The van der Waals surface area contributed by atoms with Crippen LogP contribution in [0.25, 0.3) is 0 Å². The molecule has 0 unspecified atom stereocenters. The molecule has 7 heteroatoms. The lowest BCUT2D eigenvalue weighted by Crippen LogP contribution is -2.55. The molecule has 0 aromatic heterocycles. The summed E-state index contributed by atoms with van der Waals surface area (Å²) in [5, 5.41) is 22.5. The Morgan fingerprint density at radius 3 is 2.52 bits per heavy atom. The Morgan fingerprint density at radius 2 is 1.90 bits per heavy atom. The number of ether oxygens (including phenoxy) is 2. The second-order valence-corrected chi connectivity index (χ2v) is 9.74. The average Bonchev–Trinajstić information content (AvgIpc) is 3.33. The monoisotopic (exact) mass is 404 g/mol. The summed E-state index contributed by atoms with van der Waals surface area (Å²) in [6.07, 6.45) is -0.548. The summed E-state index contributed by atoms with van der Waals surface area (Å²) >= 11 is 0. The van der Waals surface area contributed by atoms with Crippen molar-refractivity contribution in [3.8, 4) is 0 Å². The van der Waals surface area contributed by atoms with Gasteiger partial charge in [0.1, 0.15) is 18.3 Å². The van der Waals surface area contributed by atoms with Crippen LogP contribution in [-0.4, -0.2) is 57.8 Å². The fourth-order valence-electron chi connectivity index (χ4n) is 5.85. The van der Waals surface area contributed by atoms with Crippen LogP contribution in [0.5, 0.6) is 0 Å². The highest BCUT2D eigenvalue weighted by Crippen LogP contribution is 2.58. The van der Waals surface area contributed by atoms with Gasteiger partial charge in [0.05, 0.1) is 11.5 Å². The number of fused-ring (bicyclic) bond motifs is 3. The first-order valence-corrected chi connectivity index (χ1v) is 10.1. The normalized spacial score (nSPS) is 45.6. The highest BCUT2D eigenvalue weighted by Gasteiger charge is 2.71. The summed E-state index contributed by atoms with van der Waals surface area (Å²) in [6, 6.07) is 0. The van der Waals surface area contributed by atoms with E-state index in [2.05, 4.69) is 0 Å². The fourth-order valence-corrected chi connectivity index (χ4v) is 5.85. The van der Waals surface area contributed by atoms with Crippen molar-refractivity contribution in [2.24, 2.45) is 16.7 Å². The first-order chi connectivity index (χ1) is 13.3. The molecule has 1 aliphatic heterocycles. The maximum Gasteiger partial charge on any atom is 0.303 e. The molecule has 1 spiro atoms. The number of aliphatic hydroxyl groups excluding tert-OH is 2. The smallest absolute Gasteiger partial charge is 0.303 e. The zero-order valence-electron chi connectivity index (χ0n) is 17.4. The van der Waals surface area contributed by atoms with Gasteiger partial charge in [0.2, 0.25) is 0 Å². The van der Waals surface area contributed by atoms with E-state index in [-0.39, 0.29) is 12.2 Å². The standard InChI is InChI=1S/C22H28O7/c1-10-13(28-11(2)23)8-12-16(25)19-22(29-19)9-21(5,7-6-14(22)24)18(27)17(26)15(10)20(12,3)4/h6-7,12-13,16-17,19,25-26H,8-9H2,1-5H3/t12-,13-,16+,17+,19-,21+,22-/m1/s1. The summed E-state index contributed by atoms with van der Waals surface area (Å²) in [4.78, 5) is 37.7. The predicted octanol–water partition coefficient (Wildman–Crippen LogP) is 1.26. The molecular formula is C22H28O7. The molecule has 4 rings (SSSR count). The third kappa shape index (κ3) is 2.71. The van der Waals surface area contributed by atoms with E-state index in [0.717, 1.165) is 0 Å². The molecule has 0 aromatic rings. The minimum atomic E-state index is -1.44. The summed E-state index contributed by atoms with van der Waals surface area (Å²) < 4.78 is 11.3. The topological polar surface area (TPSA) is 113 Å². The molecule has 29 heavy (non-hydrogen) atoms. The molecule has 3 aliphatic carbocycles. The van der Waals surface area contributed by atoms with Crippen molar-refractivity contribution in [1.29, 1.82) is 0 Å². The van der Waals surface area contributed by atoms with Crippen LogP contribution < -0.4 is 0 Å². The van der Waals surface area contributed by atoms with Crippen LogP contribution in [0.4, 0.5) is 0 Å². The number of carbonyl (C=O) groups is 3. The molecule has 4 bridgehead atoms. The average molecular weight is 404 g/mol. The lowest BCUT2D eigenvalue weighted by molar-refractivity contribution is -0.148. The van der Waals surface area contributed by atoms with Crippen molar-refractivity contribution in [3.63, 3.8) is 0 Å². The maximum absolute atomic E-state index is 13.4. The lowest BCUT2D eigenvalue weighted by atomic mass is 9.57. The van der Waals surface area contributed by atoms with Crippen molar-refractivity contribution < 1.29 is 34.1 Å². The third-order valence-corrected chi connectivity index (χ3v) is 7.50. The van der Waals surface area contributed by atoms with Crippen LogP contribution in [0.3, 0.4) is 0 Å². The Labute approximate surface area is 169 Å². The van der Waals surface area contributed by atoms with Crippen LogP contribution in [0.15, 0.2) is 23.3 Å². The van der Waals surface area contributed by atoms with Gasteiger partial charge in [-0.05, 0) is 42.9 Å². The van der Waals surface area contributed by atoms with Gasteiger partial charge in [-0.3, -0.25) is 14.4 Å². The van der Waals surface area contributed by atoms with Crippen molar-refractivity contribution in [3.05, 3.63) is 23.3 Å². The fraction of sp³-hybridized carbons (Fsp3) is 0.682. The number of epoxide rings is 1. The zero-order chi connectivity index (χ0) is 21.5. The van der Waals surface area contributed by atoms with Gasteiger partial charge in [-0.1, -0.05) is 19.9 Å². The SMILES string of the molecule is CC(=O)O[C@@H]1C[C@@H]2[C@H](O)[C@H]3O[C@@]34C[C@](C)(C=CC4=O)C(=O)[C@@H](O)C(=C1C)C2(C)C. The van der Waals surface area contributed by atoms with Crippen molar-refractivity contribution in [1.82, 2.24) is 0 Å². The molecule has 7 atom stereocenters. The quantitative estimate of drug-likeness (QED) is 0.384. The molecule has 2 fully saturated rings. The molecule has 158 valence electrons. The van der Waals surface area contributed by atoms with Gasteiger partial charge in [-0.15, -0.1) is 0 Å². The van der Waals surface area contributed by atoms with E-state index in [4.69, 9.17) is 9.47 Å². The zero-order valence-corrected chi connectivity index (χ0v) is 17.4. The van der Waals surface area contributed by atoms with Gasteiger partial charge < -0.3 is 19.7 Å². The van der Waals surface area contributed by atoms with Crippen LogP contribution in [0.2, 0.25) is 0 Å². The minimum absolute atomic E-state index is 0.0970. The maximum atomic E-state index is 13.4. The molecule has 0 radical (unpaired) electrons. The highest BCUT2D eigenvalue weighted by atomic mass is 16.6. The molecule has 0 aromatic carbocycles. The Balaban J connectivity index is 1.91. The van der Waals surface area contributed by atoms with E-state index >= 15 is 0 Å². The van der Waals surface area contributed by atoms with Crippen LogP contribution in [0, 0.1) is 16.7 Å². The van der Waals surface area contributed by atoms with E-state index in [1.165, 1.54) is 19.1 Å². The summed E-state index contributed by atoms with van der Waals surface area (Å²) in [7, 11) is 0. The number of rotatable bonds is 1. The molecule has 1 saturated heterocycles. The Kier molecular flexibility index (Phi) is 4.29. The van der Waals surface area contributed by atoms with E-state index in [1.54, 1.807) is 13.8 Å². The number of carbonyl (C=O) groups excluding carboxylic acids is 3. The highest BCUT2D eigenvalue weighted by molar-refractivity contribution is 6.04. The van der Waals surface area contributed by atoms with Crippen LogP contribution in [-0.2, 0) is 23.9 Å². The Morgan fingerprint density at radius 1 is 1.24 bits per heavy atom. The number of ketones is 2. The third-order valence-electron chi connectivity index (χ3n) is 7.50. The number of allylic oxidation sites excluding steroid dienone is 1. The first-order valence-electron chi connectivity index (χ1n) is 10.1. The van der Waals surface area contributed by atoms with E-state index in [9.17, 15) is 24.6 Å². The van der Waals surface area contributed by atoms with Crippen molar-refractivity contribution in [2.75, 3.05) is 0 Å². The molecule has 2 N–H and O–H groups in total. The molecular weight excluding hydrogens is 376 g/mol. The number of hydrogen-bond donors (Lipinski definition) is 2. The molecule has 0 amide bonds. The molecule has 1 heterocycles. The minimum Gasteiger partial charge on any atom is -0.458 e. The molecule has 4 aliphatic rings. The van der Waals surface area contributed by atoms with E-state index in [1.807, 2.05) is 13.8 Å². The molecule has 1 saturated carbocycles. The van der Waals surface area contributed by atoms with Gasteiger partial charge in [-0.2, -0.15) is 0 Å². The second-order valence-electron chi connectivity index (χ2n) is 9.74. The van der Waals surface area contributed by atoms with Crippen molar-refractivity contribution >= 4 is 17.5 Å². The number of Topliss-reactive ketones (excluding diaryl/α,β-unsaturated/α-hetero) is 1. The number of hydrogen-bond acceptors (Lipinski definition) is 7. The van der Waals surface area contributed by atoms with Crippen LogP contribution >= 0.6 is 0 Å². The van der Waals surface area contributed by atoms with Gasteiger partial charge in [0, 0.05) is 19.3 Å². The van der Waals surface area contributed by atoms with Gasteiger partial charge in [0.25, 0.3) is 0 Å². The van der Waals surface area contributed by atoms with Gasteiger partial charge in [0.15, 0.2) is 17.2 Å². The Bertz CT molecular complexity index is 868. The van der Waals surface area contributed by atoms with E-state index in [0.29, 0.717) is 17.6 Å².